The number of nitriles is 1. The fraction of sp³-hybridized carbons (Fsp3) is 0.909. The Balaban J connectivity index is 2.82. The molecule has 0 saturated heterocycles. The molecule has 3 nitrogen and oxygen atoms in total. The zero-order chi connectivity index (χ0) is 10.5. The van der Waals surface area contributed by atoms with E-state index < -0.39 is 0 Å². The van der Waals surface area contributed by atoms with Crippen LogP contribution in [-0.2, 0) is 4.84 Å². The van der Waals surface area contributed by atoms with Gasteiger partial charge in [-0.3, -0.25) is 4.84 Å². The van der Waals surface area contributed by atoms with Crippen molar-refractivity contribution < 1.29 is 4.84 Å². The maximum absolute atomic E-state index is 8.10. The van der Waals surface area contributed by atoms with E-state index in [-0.39, 0.29) is 0 Å². The van der Waals surface area contributed by atoms with Crippen LogP contribution in [0.4, 0.5) is 0 Å². The SMILES string of the molecule is CCCCCCCCCCONC#N. The van der Waals surface area contributed by atoms with Crippen LogP contribution in [0, 0.1) is 11.5 Å². The van der Waals surface area contributed by atoms with Gasteiger partial charge in [-0.2, -0.15) is 5.26 Å². The summed E-state index contributed by atoms with van der Waals surface area (Å²) in [4.78, 5) is 4.82. The van der Waals surface area contributed by atoms with Crippen LogP contribution in [0.1, 0.15) is 58.3 Å². The Morgan fingerprint density at radius 2 is 1.57 bits per heavy atom. The van der Waals surface area contributed by atoms with E-state index in [2.05, 4.69) is 12.4 Å². The minimum Gasteiger partial charge on any atom is -0.267 e. The fourth-order valence-electron chi connectivity index (χ4n) is 1.39. The summed E-state index contributed by atoms with van der Waals surface area (Å²) in [6.07, 6.45) is 12.0. The molecule has 0 heterocycles. The molecule has 0 rings (SSSR count). The maximum Gasteiger partial charge on any atom is 0.202 e. The second-order valence-corrected chi connectivity index (χ2v) is 3.54. The molecule has 0 radical (unpaired) electrons. The van der Waals surface area contributed by atoms with Crippen LogP contribution in [-0.4, -0.2) is 6.61 Å². The van der Waals surface area contributed by atoms with Gasteiger partial charge in [-0.1, -0.05) is 51.9 Å². The van der Waals surface area contributed by atoms with Crippen LogP contribution >= 0.6 is 0 Å². The summed E-state index contributed by atoms with van der Waals surface area (Å²) in [5.74, 6) is 0. The molecule has 0 aliphatic carbocycles. The largest absolute Gasteiger partial charge is 0.267 e. The normalized spacial score (nSPS) is 9.71. The molecule has 0 amide bonds. The van der Waals surface area contributed by atoms with Gasteiger partial charge in [0.15, 0.2) is 0 Å². The molecule has 0 bridgehead atoms. The third-order valence-corrected chi connectivity index (χ3v) is 2.22. The van der Waals surface area contributed by atoms with Gasteiger partial charge in [0.05, 0.1) is 6.61 Å². The standard InChI is InChI=1S/C11H22N2O/c1-2-3-4-5-6-7-8-9-10-14-13-11-12/h13H,2-10H2,1H3. The smallest absolute Gasteiger partial charge is 0.202 e. The van der Waals surface area contributed by atoms with E-state index in [1.807, 2.05) is 0 Å². The summed E-state index contributed by atoms with van der Waals surface area (Å²) in [5.41, 5.74) is 2.17. The molecule has 0 saturated carbocycles. The lowest BCUT2D eigenvalue weighted by Crippen LogP contribution is -2.07. The summed E-state index contributed by atoms with van der Waals surface area (Å²) < 4.78 is 0. The molecule has 14 heavy (non-hydrogen) atoms. The van der Waals surface area contributed by atoms with Crippen molar-refractivity contribution in [1.29, 1.82) is 5.26 Å². The molecular formula is C11H22N2O. The minimum atomic E-state index is 0.641. The lowest BCUT2D eigenvalue weighted by Gasteiger charge is -2.01. The quantitative estimate of drug-likeness (QED) is 0.254. The lowest BCUT2D eigenvalue weighted by atomic mass is 10.1. The topological polar surface area (TPSA) is 45.0 Å². The Kier molecular flexibility index (Phi) is 11.6. The summed E-state index contributed by atoms with van der Waals surface area (Å²) in [7, 11) is 0. The first kappa shape index (κ1) is 13.2. The Morgan fingerprint density at radius 3 is 2.14 bits per heavy atom. The molecule has 82 valence electrons. The zero-order valence-electron chi connectivity index (χ0n) is 9.22. The highest BCUT2D eigenvalue weighted by Gasteiger charge is 1.91. The number of hydrogen-bond acceptors (Lipinski definition) is 3. The summed E-state index contributed by atoms with van der Waals surface area (Å²) >= 11 is 0. The molecule has 0 unspecified atom stereocenters. The van der Waals surface area contributed by atoms with Crippen LogP contribution in [0.2, 0.25) is 0 Å². The van der Waals surface area contributed by atoms with Crippen molar-refractivity contribution in [2.24, 2.45) is 0 Å². The minimum absolute atomic E-state index is 0.641. The van der Waals surface area contributed by atoms with Gasteiger partial charge in [0.2, 0.25) is 6.19 Å². The van der Waals surface area contributed by atoms with Crippen LogP contribution in [0.25, 0.3) is 0 Å². The highest BCUT2D eigenvalue weighted by Crippen LogP contribution is 2.07. The molecule has 0 aliphatic rings. The molecule has 0 aromatic rings. The number of nitrogens with one attached hydrogen (secondary N) is 1. The molecule has 0 aromatic heterocycles. The van der Waals surface area contributed by atoms with E-state index in [0.717, 1.165) is 6.42 Å². The Hall–Kier alpha value is -0.750. The third-order valence-electron chi connectivity index (χ3n) is 2.22. The van der Waals surface area contributed by atoms with E-state index >= 15 is 0 Å². The molecule has 0 fully saturated rings. The van der Waals surface area contributed by atoms with Crippen molar-refractivity contribution in [3.8, 4) is 6.19 Å². The van der Waals surface area contributed by atoms with Crippen molar-refractivity contribution in [1.82, 2.24) is 5.48 Å². The van der Waals surface area contributed by atoms with Gasteiger partial charge in [0.25, 0.3) is 0 Å². The third kappa shape index (κ3) is 11.2. The molecule has 0 aliphatic heterocycles. The van der Waals surface area contributed by atoms with Crippen LogP contribution in [0.3, 0.4) is 0 Å². The summed E-state index contributed by atoms with van der Waals surface area (Å²) in [6.45, 7) is 2.88. The Labute approximate surface area is 87.4 Å². The van der Waals surface area contributed by atoms with Crippen molar-refractivity contribution in [3.05, 3.63) is 0 Å². The number of rotatable bonds is 10. The van der Waals surface area contributed by atoms with Gasteiger partial charge < -0.3 is 0 Å². The molecule has 1 N–H and O–H groups in total. The number of unbranched alkanes of at least 4 members (excludes halogenated alkanes) is 7. The van der Waals surface area contributed by atoms with Gasteiger partial charge in [0, 0.05) is 0 Å². The van der Waals surface area contributed by atoms with Crippen molar-refractivity contribution >= 4 is 0 Å². The van der Waals surface area contributed by atoms with Gasteiger partial charge >= 0.3 is 0 Å². The number of nitrogens with zero attached hydrogens (tertiary/aromatic N) is 1. The summed E-state index contributed by atoms with van der Waals surface area (Å²) in [5, 5.41) is 8.10. The van der Waals surface area contributed by atoms with Gasteiger partial charge in [0.1, 0.15) is 0 Å². The highest BCUT2D eigenvalue weighted by molar-refractivity contribution is 4.53. The van der Waals surface area contributed by atoms with Gasteiger partial charge in [-0.05, 0) is 6.42 Å². The zero-order valence-corrected chi connectivity index (χ0v) is 9.22. The maximum atomic E-state index is 8.10. The summed E-state index contributed by atoms with van der Waals surface area (Å²) in [6, 6.07) is 0. The average molecular weight is 198 g/mol. The Bertz CT molecular complexity index is 143. The first-order valence-corrected chi connectivity index (χ1v) is 5.67. The van der Waals surface area contributed by atoms with Crippen molar-refractivity contribution in [3.63, 3.8) is 0 Å². The van der Waals surface area contributed by atoms with Crippen LogP contribution < -0.4 is 5.48 Å². The second kappa shape index (κ2) is 12.2. The van der Waals surface area contributed by atoms with E-state index in [4.69, 9.17) is 10.1 Å². The number of hydrogen-bond donors (Lipinski definition) is 1. The first-order chi connectivity index (χ1) is 6.91. The second-order valence-electron chi connectivity index (χ2n) is 3.54. The highest BCUT2D eigenvalue weighted by atomic mass is 16.6. The van der Waals surface area contributed by atoms with E-state index in [1.54, 1.807) is 6.19 Å². The molecular weight excluding hydrogens is 176 g/mol. The van der Waals surface area contributed by atoms with Crippen LogP contribution in [0.15, 0.2) is 0 Å². The predicted octanol–water partition coefficient (Wildman–Crippen LogP) is 3.13. The molecule has 0 spiro atoms. The van der Waals surface area contributed by atoms with Crippen molar-refractivity contribution in [2.75, 3.05) is 6.61 Å². The van der Waals surface area contributed by atoms with Gasteiger partial charge in [-0.25, -0.2) is 5.48 Å². The van der Waals surface area contributed by atoms with Crippen molar-refractivity contribution in [2.45, 2.75) is 58.3 Å². The Morgan fingerprint density at radius 1 is 1.00 bits per heavy atom. The van der Waals surface area contributed by atoms with E-state index in [1.165, 1.54) is 44.9 Å². The number of hydroxylamine groups is 1. The monoisotopic (exact) mass is 198 g/mol. The molecule has 3 heteroatoms. The first-order valence-electron chi connectivity index (χ1n) is 5.67. The van der Waals surface area contributed by atoms with Gasteiger partial charge in [-0.15, -0.1) is 0 Å². The fourth-order valence-corrected chi connectivity index (χ4v) is 1.39. The average Bonchev–Trinajstić information content (AvgIpc) is 2.21. The van der Waals surface area contributed by atoms with E-state index in [0.29, 0.717) is 6.61 Å². The molecule has 0 atom stereocenters. The predicted molar refractivity (Wildman–Crippen MR) is 57.3 cm³/mol. The van der Waals surface area contributed by atoms with E-state index in [9.17, 15) is 0 Å². The molecule has 0 aromatic carbocycles. The lowest BCUT2D eigenvalue weighted by molar-refractivity contribution is 0.0733. The van der Waals surface area contributed by atoms with Crippen LogP contribution in [0.5, 0.6) is 0 Å².